The zero-order valence-electron chi connectivity index (χ0n) is 21.7. The van der Waals surface area contributed by atoms with E-state index >= 15 is 0 Å². The van der Waals surface area contributed by atoms with Crippen molar-refractivity contribution in [3.8, 4) is 16.9 Å². The number of hydrogen-bond acceptors (Lipinski definition) is 6. The Morgan fingerprint density at radius 2 is 1.98 bits per heavy atom. The van der Waals surface area contributed by atoms with E-state index in [1.807, 2.05) is 6.20 Å². The Balaban J connectivity index is 1.16. The molecule has 1 N–H and O–H groups in total. The van der Waals surface area contributed by atoms with Crippen molar-refractivity contribution in [2.24, 2.45) is 13.0 Å². The van der Waals surface area contributed by atoms with E-state index in [4.69, 9.17) is 4.74 Å². The van der Waals surface area contributed by atoms with Crippen LogP contribution in [0.15, 0.2) is 48.8 Å². The van der Waals surface area contributed by atoms with E-state index in [-0.39, 0.29) is 37.3 Å². The summed E-state index contributed by atoms with van der Waals surface area (Å²) in [5, 5.41) is 6.89. The van der Waals surface area contributed by atoms with E-state index in [1.54, 1.807) is 47.1 Å². The Labute approximate surface area is 228 Å². The monoisotopic (exact) mass is 543 g/mol. The summed E-state index contributed by atoms with van der Waals surface area (Å²) >= 11 is 0. The number of imide groups is 1. The van der Waals surface area contributed by atoms with Gasteiger partial charge in [0.1, 0.15) is 24.7 Å². The third-order valence-corrected chi connectivity index (χ3v) is 8.37. The number of nitrogens with zero attached hydrogens (tertiary/aromatic N) is 4. The molecule has 204 valence electrons. The summed E-state index contributed by atoms with van der Waals surface area (Å²) in [6, 6.07) is 8.42. The Morgan fingerprint density at radius 3 is 2.73 bits per heavy atom. The van der Waals surface area contributed by atoms with Gasteiger partial charge in [-0.15, -0.1) is 0 Å². The van der Waals surface area contributed by atoms with Gasteiger partial charge in [0.05, 0.1) is 12.2 Å². The molecule has 1 aromatic heterocycles. The standard InChI is InChI=1S/C29H26FN5O5/c1-33-12-19(11-31-33)17-4-6-22-21(9-17)24(36)10-29(22)27(38)35(28(39)32-29)14-26(37)34-13-18-8-20(30)5-7-25(18)40-15-23(34)16-2-3-16/h4-9,11-12,16,23H,2-3,10,13-15H2,1H3,(H,32,39)/t23-,29?/m0/s1. The largest absolute Gasteiger partial charge is 0.491 e. The molecule has 1 spiro atoms. The number of aromatic nitrogens is 2. The van der Waals surface area contributed by atoms with E-state index in [1.165, 1.54) is 12.1 Å². The zero-order chi connectivity index (χ0) is 27.8. The molecule has 3 heterocycles. The average molecular weight is 544 g/mol. The molecule has 7 rings (SSSR count). The fraction of sp³-hybridized carbons (Fsp3) is 0.345. The highest BCUT2D eigenvalue weighted by Gasteiger charge is 2.58. The lowest BCUT2D eigenvalue weighted by Gasteiger charge is -2.30. The molecule has 2 atom stereocenters. The summed E-state index contributed by atoms with van der Waals surface area (Å²) in [4.78, 5) is 56.2. The van der Waals surface area contributed by atoms with Crippen LogP contribution in [0.2, 0.25) is 0 Å². The van der Waals surface area contributed by atoms with Gasteiger partial charge in [-0.3, -0.25) is 24.0 Å². The van der Waals surface area contributed by atoms with Gasteiger partial charge in [-0.1, -0.05) is 12.1 Å². The van der Waals surface area contributed by atoms with Crippen molar-refractivity contribution in [1.82, 2.24) is 24.9 Å². The number of hydrogen-bond donors (Lipinski definition) is 1. The number of aryl methyl sites for hydroxylation is 1. The molecule has 3 aromatic rings. The van der Waals surface area contributed by atoms with Crippen molar-refractivity contribution < 1.29 is 28.3 Å². The number of fused-ring (bicyclic) bond motifs is 3. The van der Waals surface area contributed by atoms with Crippen LogP contribution in [0.5, 0.6) is 5.75 Å². The number of Topliss-reactive ketones (excluding diaryl/α,β-unsaturated/α-hetero) is 1. The molecule has 2 aliphatic carbocycles. The predicted molar refractivity (Wildman–Crippen MR) is 138 cm³/mol. The fourth-order valence-corrected chi connectivity index (χ4v) is 6.15. The van der Waals surface area contributed by atoms with Crippen molar-refractivity contribution in [2.45, 2.75) is 37.4 Å². The maximum atomic E-state index is 14.0. The van der Waals surface area contributed by atoms with E-state index in [0.717, 1.165) is 28.9 Å². The van der Waals surface area contributed by atoms with E-state index in [9.17, 15) is 23.6 Å². The molecule has 4 amide bonds. The number of halogens is 1. The molecule has 2 aromatic carbocycles. The Hall–Kier alpha value is -4.54. The Morgan fingerprint density at radius 1 is 1.15 bits per heavy atom. The van der Waals surface area contributed by atoms with Crippen molar-refractivity contribution in [3.63, 3.8) is 0 Å². The summed E-state index contributed by atoms with van der Waals surface area (Å²) in [6.07, 6.45) is 5.16. The second-order valence-corrected chi connectivity index (χ2v) is 11.0. The van der Waals surface area contributed by atoms with Crippen LogP contribution in [0.3, 0.4) is 0 Å². The van der Waals surface area contributed by atoms with Gasteiger partial charge < -0.3 is 15.0 Å². The summed E-state index contributed by atoms with van der Waals surface area (Å²) in [5.74, 6) is -1.01. The maximum Gasteiger partial charge on any atom is 0.325 e. The van der Waals surface area contributed by atoms with Crippen molar-refractivity contribution in [2.75, 3.05) is 13.2 Å². The Bertz CT molecular complexity index is 1610. The molecule has 2 fully saturated rings. The summed E-state index contributed by atoms with van der Waals surface area (Å²) in [7, 11) is 1.79. The highest BCUT2D eigenvalue weighted by Crippen LogP contribution is 2.43. The van der Waals surface area contributed by atoms with Gasteiger partial charge in [-0.2, -0.15) is 5.10 Å². The van der Waals surface area contributed by atoms with Crippen molar-refractivity contribution >= 4 is 23.6 Å². The minimum atomic E-state index is -1.55. The molecule has 2 aliphatic heterocycles. The minimum absolute atomic E-state index is 0.111. The van der Waals surface area contributed by atoms with E-state index < -0.39 is 35.7 Å². The first-order chi connectivity index (χ1) is 19.2. The fourth-order valence-electron chi connectivity index (χ4n) is 6.15. The second kappa shape index (κ2) is 8.73. The second-order valence-electron chi connectivity index (χ2n) is 11.0. The van der Waals surface area contributed by atoms with Gasteiger partial charge in [-0.05, 0) is 54.2 Å². The zero-order valence-corrected chi connectivity index (χ0v) is 21.7. The number of carbonyl (C=O) groups is 4. The highest BCUT2D eigenvalue weighted by atomic mass is 19.1. The summed E-state index contributed by atoms with van der Waals surface area (Å²) < 4.78 is 21.6. The molecule has 0 radical (unpaired) electrons. The SMILES string of the molecule is Cn1cc(-c2ccc3c(c2)C(=O)CC32NC(=O)N(CC(=O)N3Cc4cc(F)ccc4OC[C@H]3C3CC3)C2=O)cn1. The highest BCUT2D eigenvalue weighted by molar-refractivity contribution is 6.17. The number of ketones is 1. The van der Waals surface area contributed by atoms with Gasteiger partial charge in [0.15, 0.2) is 11.3 Å². The first-order valence-corrected chi connectivity index (χ1v) is 13.2. The lowest BCUT2D eigenvalue weighted by Crippen LogP contribution is -2.49. The molecule has 1 saturated heterocycles. The molecule has 4 aliphatic rings. The smallest absolute Gasteiger partial charge is 0.325 e. The summed E-state index contributed by atoms with van der Waals surface area (Å²) in [5.41, 5.74) is 1.35. The summed E-state index contributed by atoms with van der Waals surface area (Å²) in [6.45, 7) is -0.127. The van der Waals surface area contributed by atoms with E-state index in [0.29, 0.717) is 22.4 Å². The van der Waals surface area contributed by atoms with Crippen LogP contribution in [0.1, 0.15) is 40.7 Å². The molecular weight excluding hydrogens is 517 g/mol. The quantitative estimate of drug-likeness (QED) is 0.507. The van der Waals surface area contributed by atoms with Crippen LogP contribution in [0.4, 0.5) is 9.18 Å². The molecule has 1 unspecified atom stereocenters. The first kappa shape index (κ1) is 24.5. The van der Waals surface area contributed by atoms with Gasteiger partial charge in [0.25, 0.3) is 5.91 Å². The number of urea groups is 1. The molecule has 1 saturated carbocycles. The van der Waals surface area contributed by atoms with Crippen LogP contribution in [0.25, 0.3) is 11.1 Å². The van der Waals surface area contributed by atoms with Crippen molar-refractivity contribution in [3.05, 3.63) is 71.3 Å². The molecule has 40 heavy (non-hydrogen) atoms. The molecule has 10 nitrogen and oxygen atoms in total. The maximum absolute atomic E-state index is 14.0. The van der Waals surface area contributed by atoms with Crippen LogP contribution in [-0.2, 0) is 28.7 Å². The van der Waals surface area contributed by atoms with Gasteiger partial charge in [0, 0.05) is 42.9 Å². The third kappa shape index (κ3) is 3.79. The van der Waals surface area contributed by atoms with E-state index in [2.05, 4.69) is 10.4 Å². The number of ether oxygens (including phenoxy) is 1. The first-order valence-electron chi connectivity index (χ1n) is 13.2. The van der Waals surface area contributed by atoms with Crippen LogP contribution < -0.4 is 10.1 Å². The Kier molecular flexibility index (Phi) is 5.35. The average Bonchev–Trinajstić information content (AvgIpc) is 3.60. The molecule has 11 heteroatoms. The van der Waals surface area contributed by atoms with Gasteiger partial charge in [-0.25, -0.2) is 9.18 Å². The lowest BCUT2D eigenvalue weighted by molar-refractivity contribution is -0.141. The number of benzene rings is 2. The number of rotatable bonds is 4. The van der Waals surface area contributed by atoms with Crippen LogP contribution in [0, 0.1) is 11.7 Å². The molecular formula is C29H26FN5O5. The minimum Gasteiger partial charge on any atom is -0.491 e. The topological polar surface area (TPSA) is 114 Å². The number of amides is 4. The lowest BCUT2D eigenvalue weighted by atomic mass is 9.90. The van der Waals surface area contributed by atoms with Gasteiger partial charge in [0.2, 0.25) is 5.91 Å². The normalized spacial score (nSPS) is 23.6. The predicted octanol–water partition coefficient (Wildman–Crippen LogP) is 2.76. The van der Waals surface area contributed by atoms with Crippen molar-refractivity contribution in [1.29, 1.82) is 0 Å². The van der Waals surface area contributed by atoms with Crippen LogP contribution in [-0.4, -0.2) is 62.4 Å². The number of nitrogens with one attached hydrogen (secondary N) is 1. The number of carbonyl (C=O) groups excluding carboxylic acids is 4. The van der Waals surface area contributed by atoms with Gasteiger partial charge >= 0.3 is 6.03 Å². The third-order valence-electron chi connectivity index (χ3n) is 8.37. The molecule has 0 bridgehead atoms. The van der Waals surface area contributed by atoms with Crippen LogP contribution >= 0.6 is 0 Å².